The Balaban J connectivity index is 4.25. The van der Waals surface area contributed by atoms with Gasteiger partial charge in [0.15, 0.2) is 0 Å². The zero-order valence-corrected chi connectivity index (χ0v) is 8.96. The van der Waals surface area contributed by atoms with Crippen LogP contribution in [0.3, 0.4) is 0 Å². The summed E-state index contributed by atoms with van der Waals surface area (Å²) in [5, 5.41) is 17.8. The number of hydrogen-bond donors (Lipinski definition) is 3. The molecule has 12 heavy (non-hydrogen) atoms. The third-order valence-electron chi connectivity index (χ3n) is 1.34. The Hall–Kier alpha value is -0.393. The summed E-state index contributed by atoms with van der Waals surface area (Å²) in [5.74, 6) is -0.993. The molecule has 0 bridgehead atoms. The Labute approximate surface area is 73.7 Å². The van der Waals surface area contributed by atoms with Crippen molar-refractivity contribution >= 4 is 14.2 Å². The normalized spacial score (nSPS) is 17.1. The Morgan fingerprint density at radius 3 is 1.92 bits per heavy atom. The molecule has 2 atom stereocenters. The standard InChI is InChI=1S/C7H17NO3Si/c1-5(9)6(7(10)11)8-12(2,3)4/h5-6,8-9H,1-4H3,(H,10,11). The summed E-state index contributed by atoms with van der Waals surface area (Å²) in [6, 6.07) is -0.836. The number of carbonyl (C=O) groups is 1. The molecule has 0 aromatic rings. The molecule has 0 aromatic heterocycles. The highest BCUT2D eigenvalue weighted by Gasteiger charge is 2.28. The van der Waals surface area contributed by atoms with Crippen molar-refractivity contribution in [3.05, 3.63) is 0 Å². The minimum absolute atomic E-state index is 0.836. The SMILES string of the molecule is CC(O)C(N[Si](C)(C)C)C(=O)O. The number of carboxylic acids is 1. The fourth-order valence-corrected chi connectivity index (χ4v) is 2.15. The Bertz CT molecular complexity index is 165. The molecule has 0 aliphatic rings. The lowest BCUT2D eigenvalue weighted by Crippen LogP contribution is -2.55. The van der Waals surface area contributed by atoms with Crippen molar-refractivity contribution in [3.63, 3.8) is 0 Å². The van der Waals surface area contributed by atoms with E-state index in [0.717, 1.165) is 0 Å². The molecule has 0 amide bonds. The maximum atomic E-state index is 10.6. The summed E-state index contributed by atoms with van der Waals surface area (Å²) >= 11 is 0. The second-order valence-electron chi connectivity index (χ2n) is 3.95. The quantitative estimate of drug-likeness (QED) is 0.557. The largest absolute Gasteiger partial charge is 0.480 e. The first kappa shape index (κ1) is 11.6. The fourth-order valence-electron chi connectivity index (χ4n) is 0.855. The number of aliphatic hydroxyl groups is 1. The second kappa shape index (κ2) is 4.02. The number of aliphatic hydroxyl groups excluding tert-OH is 1. The van der Waals surface area contributed by atoms with Crippen LogP contribution >= 0.6 is 0 Å². The summed E-state index contributed by atoms with van der Waals surface area (Å²) in [4.78, 5) is 13.6. The molecule has 0 saturated carbocycles. The molecule has 0 saturated heterocycles. The van der Waals surface area contributed by atoms with Crippen LogP contribution in [0.25, 0.3) is 0 Å². The van der Waals surface area contributed by atoms with Crippen LogP contribution in [0.15, 0.2) is 0 Å². The number of carboxylic acid groups (broad SMARTS) is 1. The molecule has 0 aromatic carbocycles. The molecule has 0 rings (SSSR count). The lowest BCUT2D eigenvalue weighted by molar-refractivity contribution is -0.141. The van der Waals surface area contributed by atoms with Crippen molar-refractivity contribution in [2.75, 3.05) is 0 Å². The molecular formula is C7H17NO3Si. The lowest BCUT2D eigenvalue weighted by atomic mass is 10.2. The smallest absolute Gasteiger partial charge is 0.322 e. The van der Waals surface area contributed by atoms with Gasteiger partial charge in [0.05, 0.1) is 6.10 Å². The molecule has 2 unspecified atom stereocenters. The van der Waals surface area contributed by atoms with E-state index in [-0.39, 0.29) is 0 Å². The number of hydrogen-bond acceptors (Lipinski definition) is 3. The zero-order chi connectivity index (χ0) is 9.94. The van der Waals surface area contributed by atoms with Crippen LogP contribution in [0, 0.1) is 0 Å². The van der Waals surface area contributed by atoms with Crippen LogP contribution < -0.4 is 4.98 Å². The van der Waals surface area contributed by atoms with E-state index in [2.05, 4.69) is 4.98 Å². The molecule has 3 N–H and O–H groups in total. The molecule has 0 aliphatic heterocycles. The van der Waals surface area contributed by atoms with Crippen LogP contribution in [0.5, 0.6) is 0 Å². The van der Waals surface area contributed by atoms with Gasteiger partial charge in [-0.15, -0.1) is 0 Å². The van der Waals surface area contributed by atoms with Crippen molar-refractivity contribution in [2.24, 2.45) is 0 Å². The van der Waals surface area contributed by atoms with Crippen LogP contribution in [-0.4, -0.2) is 36.6 Å². The minimum Gasteiger partial charge on any atom is -0.480 e. The number of nitrogens with one attached hydrogen (secondary N) is 1. The van der Waals surface area contributed by atoms with Crippen LogP contribution in [0.2, 0.25) is 19.6 Å². The minimum atomic E-state index is -1.64. The maximum absolute atomic E-state index is 10.6. The monoisotopic (exact) mass is 191 g/mol. The third-order valence-corrected chi connectivity index (χ3v) is 2.51. The van der Waals surface area contributed by atoms with E-state index in [0.29, 0.717) is 0 Å². The van der Waals surface area contributed by atoms with E-state index < -0.39 is 26.4 Å². The topological polar surface area (TPSA) is 69.6 Å². The average Bonchev–Trinajstić information content (AvgIpc) is 1.79. The predicted molar refractivity (Wildman–Crippen MR) is 49.6 cm³/mol. The molecule has 0 spiro atoms. The number of aliphatic carboxylic acids is 1. The van der Waals surface area contributed by atoms with Crippen molar-refractivity contribution in [1.29, 1.82) is 0 Å². The summed E-state index contributed by atoms with van der Waals surface area (Å²) in [5.41, 5.74) is 0. The van der Waals surface area contributed by atoms with E-state index in [1.165, 1.54) is 6.92 Å². The van der Waals surface area contributed by atoms with Gasteiger partial charge in [0.2, 0.25) is 0 Å². The van der Waals surface area contributed by atoms with Gasteiger partial charge in [-0.3, -0.25) is 4.79 Å². The highest BCUT2D eigenvalue weighted by molar-refractivity contribution is 6.73. The van der Waals surface area contributed by atoms with Crippen LogP contribution in [0.1, 0.15) is 6.92 Å². The summed E-state index contributed by atoms with van der Waals surface area (Å²) in [6.07, 6.45) is -0.853. The maximum Gasteiger partial charge on any atom is 0.322 e. The molecule has 0 heterocycles. The van der Waals surface area contributed by atoms with Crippen molar-refractivity contribution in [3.8, 4) is 0 Å². The highest BCUT2D eigenvalue weighted by atomic mass is 28.3. The third kappa shape index (κ3) is 4.48. The van der Waals surface area contributed by atoms with E-state index >= 15 is 0 Å². The molecule has 0 fully saturated rings. The van der Waals surface area contributed by atoms with E-state index in [9.17, 15) is 4.79 Å². The first-order chi connectivity index (χ1) is 5.24. The van der Waals surface area contributed by atoms with Crippen molar-refractivity contribution in [2.45, 2.75) is 38.7 Å². The molecular weight excluding hydrogens is 174 g/mol. The summed E-state index contributed by atoms with van der Waals surface area (Å²) in [7, 11) is -1.64. The molecule has 72 valence electrons. The van der Waals surface area contributed by atoms with Crippen molar-refractivity contribution < 1.29 is 15.0 Å². The number of rotatable bonds is 4. The van der Waals surface area contributed by atoms with Gasteiger partial charge < -0.3 is 15.2 Å². The van der Waals surface area contributed by atoms with Gasteiger partial charge in [0.1, 0.15) is 14.3 Å². The van der Waals surface area contributed by atoms with Gasteiger partial charge in [-0.2, -0.15) is 0 Å². The Morgan fingerprint density at radius 1 is 1.42 bits per heavy atom. The van der Waals surface area contributed by atoms with Crippen LogP contribution in [-0.2, 0) is 4.79 Å². The highest BCUT2D eigenvalue weighted by Crippen LogP contribution is 2.01. The summed E-state index contributed by atoms with van der Waals surface area (Å²) in [6.45, 7) is 7.45. The first-order valence-corrected chi connectivity index (χ1v) is 7.42. The van der Waals surface area contributed by atoms with E-state index in [4.69, 9.17) is 10.2 Å². The van der Waals surface area contributed by atoms with Gasteiger partial charge >= 0.3 is 5.97 Å². The Morgan fingerprint density at radius 2 is 1.83 bits per heavy atom. The fraction of sp³-hybridized carbons (Fsp3) is 0.857. The Kier molecular flexibility index (Phi) is 3.89. The van der Waals surface area contributed by atoms with Gasteiger partial charge in [0.25, 0.3) is 0 Å². The molecule has 0 radical (unpaired) electrons. The van der Waals surface area contributed by atoms with E-state index in [1.807, 2.05) is 19.6 Å². The first-order valence-electron chi connectivity index (χ1n) is 3.92. The predicted octanol–water partition coefficient (Wildman–Crippen LogP) is 0.245. The van der Waals surface area contributed by atoms with Gasteiger partial charge in [-0.05, 0) is 6.92 Å². The molecule has 0 aliphatic carbocycles. The summed E-state index contributed by atoms with van der Waals surface area (Å²) < 4.78 is 0. The van der Waals surface area contributed by atoms with Crippen molar-refractivity contribution in [1.82, 2.24) is 4.98 Å². The van der Waals surface area contributed by atoms with E-state index in [1.54, 1.807) is 0 Å². The van der Waals surface area contributed by atoms with Crippen LogP contribution in [0.4, 0.5) is 0 Å². The van der Waals surface area contributed by atoms with Gasteiger partial charge in [0, 0.05) is 0 Å². The average molecular weight is 191 g/mol. The van der Waals surface area contributed by atoms with Gasteiger partial charge in [-0.25, -0.2) is 0 Å². The zero-order valence-electron chi connectivity index (χ0n) is 7.96. The second-order valence-corrected chi connectivity index (χ2v) is 8.74. The lowest BCUT2D eigenvalue weighted by Gasteiger charge is -2.25. The molecule has 4 nitrogen and oxygen atoms in total. The molecule has 5 heteroatoms. The van der Waals surface area contributed by atoms with Gasteiger partial charge in [-0.1, -0.05) is 19.6 Å².